The molecule has 88 valence electrons. The largest absolute Gasteiger partial charge is 0.348 e. The third-order valence-corrected chi connectivity index (χ3v) is 3.05. The molecule has 0 heterocycles. The Kier molecular flexibility index (Phi) is 4.77. The van der Waals surface area contributed by atoms with Gasteiger partial charge < -0.3 is 11.1 Å². The lowest BCUT2D eigenvalue weighted by molar-refractivity contribution is 0.0937. The zero-order valence-corrected chi connectivity index (χ0v) is 10.3. The Labute approximate surface area is 101 Å². The minimum Gasteiger partial charge on any atom is -0.348 e. The van der Waals surface area contributed by atoms with Gasteiger partial charge in [0.25, 0.3) is 5.91 Å². The molecule has 0 fully saturated rings. The molecular formula is C12H17ClN2O. The molecule has 3 nitrogen and oxygen atoms in total. The minimum atomic E-state index is -0.161. The fourth-order valence-corrected chi connectivity index (χ4v) is 1.63. The van der Waals surface area contributed by atoms with Crippen LogP contribution in [0.15, 0.2) is 18.2 Å². The first-order valence-corrected chi connectivity index (χ1v) is 5.74. The van der Waals surface area contributed by atoms with Crippen molar-refractivity contribution in [3.05, 3.63) is 34.3 Å². The van der Waals surface area contributed by atoms with E-state index in [1.165, 1.54) is 0 Å². The number of aryl methyl sites for hydroxylation is 1. The standard InChI is InChI=1S/C12H17ClN2O/c1-3-9(7-14)15-12(16)10-6-4-5-8(2)11(10)13/h4-6,9H,3,7,14H2,1-2H3,(H,15,16). The average Bonchev–Trinajstić information content (AvgIpc) is 2.29. The normalized spacial score (nSPS) is 12.2. The Hall–Kier alpha value is -1.06. The Balaban J connectivity index is 2.84. The second-order valence-corrected chi connectivity index (χ2v) is 4.13. The van der Waals surface area contributed by atoms with E-state index < -0.39 is 0 Å². The molecule has 0 spiro atoms. The zero-order valence-electron chi connectivity index (χ0n) is 9.59. The highest BCUT2D eigenvalue weighted by atomic mass is 35.5. The third-order valence-electron chi connectivity index (χ3n) is 2.55. The van der Waals surface area contributed by atoms with Gasteiger partial charge in [-0.1, -0.05) is 30.7 Å². The monoisotopic (exact) mass is 240 g/mol. The maximum absolute atomic E-state index is 11.9. The van der Waals surface area contributed by atoms with Gasteiger partial charge in [-0.15, -0.1) is 0 Å². The highest BCUT2D eigenvalue weighted by Gasteiger charge is 2.14. The number of hydrogen-bond donors (Lipinski definition) is 2. The molecule has 0 aromatic heterocycles. The zero-order chi connectivity index (χ0) is 12.1. The van der Waals surface area contributed by atoms with Crippen LogP contribution in [0.3, 0.4) is 0 Å². The van der Waals surface area contributed by atoms with Crippen LogP contribution in [0.4, 0.5) is 0 Å². The number of halogens is 1. The van der Waals surface area contributed by atoms with Crippen LogP contribution >= 0.6 is 11.6 Å². The molecule has 1 aromatic rings. The van der Waals surface area contributed by atoms with Gasteiger partial charge in [0.15, 0.2) is 0 Å². The molecule has 1 aromatic carbocycles. The van der Waals surface area contributed by atoms with E-state index in [9.17, 15) is 4.79 Å². The molecule has 16 heavy (non-hydrogen) atoms. The second kappa shape index (κ2) is 5.87. The van der Waals surface area contributed by atoms with Crippen molar-refractivity contribution in [2.45, 2.75) is 26.3 Å². The summed E-state index contributed by atoms with van der Waals surface area (Å²) in [5.41, 5.74) is 6.94. The van der Waals surface area contributed by atoms with E-state index in [-0.39, 0.29) is 11.9 Å². The van der Waals surface area contributed by atoms with Crippen LogP contribution in [-0.2, 0) is 0 Å². The maximum Gasteiger partial charge on any atom is 0.253 e. The predicted molar refractivity (Wildman–Crippen MR) is 66.8 cm³/mol. The fraction of sp³-hybridized carbons (Fsp3) is 0.417. The van der Waals surface area contributed by atoms with Crippen molar-refractivity contribution >= 4 is 17.5 Å². The Morgan fingerprint density at radius 3 is 2.81 bits per heavy atom. The van der Waals surface area contributed by atoms with Gasteiger partial charge in [0, 0.05) is 12.6 Å². The number of nitrogens with one attached hydrogen (secondary N) is 1. The fourth-order valence-electron chi connectivity index (χ4n) is 1.41. The van der Waals surface area contributed by atoms with Crippen LogP contribution < -0.4 is 11.1 Å². The summed E-state index contributed by atoms with van der Waals surface area (Å²) >= 11 is 6.07. The molecule has 0 radical (unpaired) electrons. The Morgan fingerprint density at radius 1 is 1.56 bits per heavy atom. The lowest BCUT2D eigenvalue weighted by Gasteiger charge is -2.15. The molecule has 0 saturated heterocycles. The number of hydrogen-bond acceptors (Lipinski definition) is 2. The van der Waals surface area contributed by atoms with E-state index in [4.69, 9.17) is 17.3 Å². The first-order valence-electron chi connectivity index (χ1n) is 5.36. The summed E-state index contributed by atoms with van der Waals surface area (Å²) < 4.78 is 0. The van der Waals surface area contributed by atoms with E-state index in [0.717, 1.165) is 12.0 Å². The molecule has 0 bridgehead atoms. The molecule has 1 rings (SSSR count). The van der Waals surface area contributed by atoms with E-state index >= 15 is 0 Å². The predicted octanol–water partition coefficient (Wildman–Crippen LogP) is 2.12. The summed E-state index contributed by atoms with van der Waals surface area (Å²) in [6.45, 7) is 4.29. The molecule has 1 unspecified atom stereocenters. The van der Waals surface area contributed by atoms with Crippen LogP contribution in [0.2, 0.25) is 5.02 Å². The van der Waals surface area contributed by atoms with Gasteiger partial charge in [-0.2, -0.15) is 0 Å². The average molecular weight is 241 g/mol. The Morgan fingerprint density at radius 2 is 2.25 bits per heavy atom. The number of amides is 1. The summed E-state index contributed by atoms with van der Waals surface area (Å²) in [6, 6.07) is 5.41. The molecule has 0 aliphatic heterocycles. The highest BCUT2D eigenvalue weighted by molar-refractivity contribution is 6.34. The van der Waals surface area contributed by atoms with E-state index in [1.54, 1.807) is 6.07 Å². The maximum atomic E-state index is 11.9. The third kappa shape index (κ3) is 2.97. The van der Waals surface area contributed by atoms with Crippen molar-refractivity contribution in [1.82, 2.24) is 5.32 Å². The lowest BCUT2D eigenvalue weighted by atomic mass is 10.1. The van der Waals surface area contributed by atoms with Crippen LogP contribution in [0.5, 0.6) is 0 Å². The van der Waals surface area contributed by atoms with Gasteiger partial charge in [0.05, 0.1) is 10.6 Å². The van der Waals surface area contributed by atoms with E-state index in [0.29, 0.717) is 17.1 Å². The number of rotatable bonds is 4. The quantitative estimate of drug-likeness (QED) is 0.847. The summed E-state index contributed by atoms with van der Waals surface area (Å²) in [7, 11) is 0. The molecule has 0 aliphatic carbocycles. The van der Waals surface area contributed by atoms with Gasteiger partial charge in [-0.25, -0.2) is 0 Å². The molecule has 3 N–H and O–H groups in total. The minimum absolute atomic E-state index is 0.00378. The number of benzene rings is 1. The van der Waals surface area contributed by atoms with Crippen LogP contribution in [0.25, 0.3) is 0 Å². The second-order valence-electron chi connectivity index (χ2n) is 3.75. The van der Waals surface area contributed by atoms with Gasteiger partial charge in [0.1, 0.15) is 0 Å². The van der Waals surface area contributed by atoms with Gasteiger partial charge in [-0.05, 0) is 25.0 Å². The first-order chi connectivity index (χ1) is 7.60. The van der Waals surface area contributed by atoms with Crippen LogP contribution in [-0.4, -0.2) is 18.5 Å². The van der Waals surface area contributed by atoms with Crippen molar-refractivity contribution in [1.29, 1.82) is 0 Å². The summed E-state index contributed by atoms with van der Waals surface area (Å²) in [4.78, 5) is 11.9. The van der Waals surface area contributed by atoms with Crippen molar-refractivity contribution in [3.63, 3.8) is 0 Å². The molecule has 1 amide bonds. The van der Waals surface area contributed by atoms with Crippen LogP contribution in [0, 0.1) is 6.92 Å². The molecule has 0 saturated carbocycles. The van der Waals surface area contributed by atoms with E-state index in [2.05, 4.69) is 5.32 Å². The van der Waals surface area contributed by atoms with Gasteiger partial charge >= 0.3 is 0 Å². The van der Waals surface area contributed by atoms with Crippen LogP contribution in [0.1, 0.15) is 29.3 Å². The van der Waals surface area contributed by atoms with Gasteiger partial charge in [-0.3, -0.25) is 4.79 Å². The summed E-state index contributed by atoms with van der Waals surface area (Å²) in [5.74, 6) is -0.161. The summed E-state index contributed by atoms with van der Waals surface area (Å²) in [5, 5.41) is 3.36. The smallest absolute Gasteiger partial charge is 0.253 e. The molecule has 0 aliphatic rings. The molecular weight excluding hydrogens is 224 g/mol. The van der Waals surface area contributed by atoms with E-state index in [1.807, 2.05) is 26.0 Å². The highest BCUT2D eigenvalue weighted by Crippen LogP contribution is 2.20. The summed E-state index contributed by atoms with van der Waals surface area (Å²) in [6.07, 6.45) is 0.811. The Bertz CT molecular complexity index is 375. The van der Waals surface area contributed by atoms with Crippen molar-refractivity contribution in [2.75, 3.05) is 6.54 Å². The first kappa shape index (κ1) is 13.0. The van der Waals surface area contributed by atoms with Crippen molar-refractivity contribution in [2.24, 2.45) is 5.73 Å². The topological polar surface area (TPSA) is 55.1 Å². The lowest BCUT2D eigenvalue weighted by Crippen LogP contribution is -2.39. The number of carbonyl (C=O) groups is 1. The van der Waals surface area contributed by atoms with Crippen molar-refractivity contribution < 1.29 is 4.79 Å². The van der Waals surface area contributed by atoms with Gasteiger partial charge in [0.2, 0.25) is 0 Å². The number of nitrogens with two attached hydrogens (primary N) is 1. The SMILES string of the molecule is CCC(CN)NC(=O)c1cccc(C)c1Cl. The molecule has 4 heteroatoms. The van der Waals surface area contributed by atoms with Crippen molar-refractivity contribution in [3.8, 4) is 0 Å². The number of carbonyl (C=O) groups excluding carboxylic acids is 1. The molecule has 1 atom stereocenters.